The van der Waals surface area contributed by atoms with Gasteiger partial charge in [0.05, 0.1) is 22.9 Å². The van der Waals surface area contributed by atoms with Crippen LogP contribution in [-0.4, -0.2) is 14.3 Å². The van der Waals surface area contributed by atoms with E-state index in [9.17, 15) is 13.2 Å². The quantitative estimate of drug-likeness (QED) is 0.382. The molecule has 1 amide bonds. The second kappa shape index (κ2) is 9.89. The molecule has 33 heavy (non-hydrogen) atoms. The molecule has 7 nitrogen and oxygen atoms in total. The van der Waals surface area contributed by atoms with E-state index in [2.05, 4.69) is 26.1 Å². The highest BCUT2D eigenvalue weighted by atomic mass is 79.9. The number of carbonyl (C=O) groups is 1. The maximum atomic E-state index is 15.1. The van der Waals surface area contributed by atoms with Gasteiger partial charge in [-0.15, -0.1) is 0 Å². The zero-order valence-electron chi connectivity index (χ0n) is 17.0. The number of primary sulfonamides is 1. The number of benzene rings is 3. The van der Waals surface area contributed by atoms with E-state index < -0.39 is 21.7 Å². The second-order valence-corrected chi connectivity index (χ2v) is 9.84. The lowest BCUT2D eigenvalue weighted by Gasteiger charge is -2.13. The minimum absolute atomic E-state index is 0.00424. The fraction of sp³-hybridized carbons (Fsp3) is 0.0909. The summed E-state index contributed by atoms with van der Waals surface area (Å²) in [5, 5.41) is 7.72. The van der Waals surface area contributed by atoms with Crippen LogP contribution in [0.1, 0.15) is 11.1 Å². The monoisotopic (exact) mass is 551 g/mol. The molecule has 0 saturated heterocycles. The first kappa shape index (κ1) is 24.7. The average Bonchev–Trinajstić information content (AvgIpc) is 2.73. The van der Waals surface area contributed by atoms with Gasteiger partial charge in [-0.1, -0.05) is 33.6 Å². The number of nitrogens with one attached hydrogen (secondary N) is 1. The molecular formula is C22H16BrClFN3O4S. The molecule has 0 heterocycles. The number of halogens is 3. The molecule has 3 rings (SSSR count). The van der Waals surface area contributed by atoms with E-state index in [1.165, 1.54) is 36.4 Å². The van der Waals surface area contributed by atoms with Crippen molar-refractivity contribution in [2.24, 2.45) is 5.14 Å². The van der Waals surface area contributed by atoms with Crippen LogP contribution in [0.15, 0.2) is 57.9 Å². The molecule has 3 aromatic rings. The number of ether oxygens (including phenoxy) is 1. The number of nitrogens with two attached hydrogens (primary N) is 1. The number of nitrogens with zero attached hydrogens (tertiary/aromatic N) is 1. The topological polar surface area (TPSA) is 103 Å². The van der Waals surface area contributed by atoms with Gasteiger partial charge in [0.15, 0.2) is 17.3 Å². The average molecular weight is 553 g/mol. The molecule has 0 aliphatic heterocycles. The molecule has 0 fully saturated rings. The number of amides is 1. The third kappa shape index (κ3) is 6.09. The van der Waals surface area contributed by atoms with Crippen LogP contribution in [0.5, 0.6) is 11.5 Å². The molecule has 0 aliphatic carbocycles. The predicted octanol–water partition coefficient (Wildman–Crippen LogP) is 5.72. The number of rotatable bonds is 6. The number of hydrogen-bond donors (Lipinski definition) is 2. The maximum Gasteiger partial charge on any atom is 0.238 e. The Labute approximate surface area is 203 Å². The van der Waals surface area contributed by atoms with E-state index in [0.29, 0.717) is 15.7 Å². The number of hydrogen-bond acceptors (Lipinski definition) is 4. The van der Waals surface area contributed by atoms with Gasteiger partial charge in [0.2, 0.25) is 15.9 Å². The van der Waals surface area contributed by atoms with E-state index in [0.717, 1.165) is 0 Å². The van der Waals surface area contributed by atoms with Crippen molar-refractivity contribution in [3.63, 3.8) is 0 Å². The third-order valence-electron chi connectivity index (χ3n) is 4.49. The van der Waals surface area contributed by atoms with Gasteiger partial charge in [-0.25, -0.2) is 22.8 Å². The van der Waals surface area contributed by atoms with Crippen molar-refractivity contribution in [2.45, 2.75) is 18.2 Å². The van der Waals surface area contributed by atoms with Gasteiger partial charge in [0.1, 0.15) is 5.75 Å². The largest absolute Gasteiger partial charge is 0.454 e. The molecule has 0 aliphatic rings. The first-order chi connectivity index (χ1) is 15.5. The van der Waals surface area contributed by atoms with Crippen LogP contribution in [0, 0.1) is 19.3 Å². The van der Waals surface area contributed by atoms with Crippen LogP contribution in [-0.2, 0) is 21.2 Å². The van der Waals surface area contributed by atoms with Crippen LogP contribution >= 0.6 is 27.5 Å². The van der Waals surface area contributed by atoms with Gasteiger partial charge < -0.3 is 10.1 Å². The Kier molecular flexibility index (Phi) is 7.39. The van der Waals surface area contributed by atoms with E-state index >= 15 is 4.39 Å². The first-order valence-electron chi connectivity index (χ1n) is 9.24. The molecule has 0 atom stereocenters. The maximum absolute atomic E-state index is 15.1. The summed E-state index contributed by atoms with van der Waals surface area (Å²) < 4.78 is 44.2. The molecule has 3 aromatic carbocycles. The fourth-order valence-electron chi connectivity index (χ4n) is 2.91. The van der Waals surface area contributed by atoms with Crippen molar-refractivity contribution in [1.29, 1.82) is 0 Å². The Morgan fingerprint density at radius 3 is 2.61 bits per heavy atom. The molecule has 3 N–H and O–H groups in total. The molecule has 0 spiro atoms. The van der Waals surface area contributed by atoms with Crippen molar-refractivity contribution < 1.29 is 22.3 Å². The van der Waals surface area contributed by atoms with Gasteiger partial charge in [0, 0.05) is 15.7 Å². The SMILES string of the molecule is [C-]#[N+]c1cc(Br)cc(Oc2c(Cl)ccc(CC(=O)Nc3ccc(S(N)(=O)=O)cc3C)c2F)c1. The first-order valence-corrected chi connectivity index (χ1v) is 12.0. The van der Waals surface area contributed by atoms with Crippen LogP contribution in [0.3, 0.4) is 0 Å². The highest BCUT2D eigenvalue weighted by Gasteiger charge is 2.18. The van der Waals surface area contributed by atoms with Gasteiger partial charge >= 0.3 is 0 Å². The fourth-order valence-corrected chi connectivity index (χ4v) is 4.16. The van der Waals surface area contributed by atoms with Gasteiger partial charge in [-0.3, -0.25) is 4.79 Å². The highest BCUT2D eigenvalue weighted by molar-refractivity contribution is 9.10. The van der Waals surface area contributed by atoms with Crippen molar-refractivity contribution in [1.82, 2.24) is 0 Å². The summed E-state index contributed by atoms with van der Waals surface area (Å²) in [5.41, 5.74) is 1.15. The van der Waals surface area contributed by atoms with E-state index in [1.807, 2.05) is 0 Å². The molecular weight excluding hydrogens is 537 g/mol. The van der Waals surface area contributed by atoms with Crippen LogP contribution in [0.4, 0.5) is 15.8 Å². The summed E-state index contributed by atoms with van der Waals surface area (Å²) in [6, 6.07) is 11.3. The molecule has 0 radical (unpaired) electrons. The van der Waals surface area contributed by atoms with Crippen molar-refractivity contribution >= 4 is 54.8 Å². The summed E-state index contributed by atoms with van der Waals surface area (Å²) in [6.45, 7) is 8.74. The molecule has 0 aromatic heterocycles. The Morgan fingerprint density at radius 1 is 1.24 bits per heavy atom. The summed E-state index contributed by atoms with van der Waals surface area (Å²) in [7, 11) is -3.87. The lowest BCUT2D eigenvalue weighted by molar-refractivity contribution is -0.115. The van der Waals surface area contributed by atoms with E-state index in [1.54, 1.807) is 19.1 Å². The van der Waals surface area contributed by atoms with Crippen molar-refractivity contribution in [3.8, 4) is 11.5 Å². The summed E-state index contributed by atoms with van der Waals surface area (Å²) in [4.78, 5) is 15.8. The Balaban J connectivity index is 1.82. The second-order valence-electron chi connectivity index (χ2n) is 6.96. The van der Waals surface area contributed by atoms with Gasteiger partial charge in [-0.2, -0.15) is 0 Å². The van der Waals surface area contributed by atoms with Crippen molar-refractivity contribution in [2.75, 3.05) is 5.32 Å². The Morgan fingerprint density at radius 2 is 1.97 bits per heavy atom. The standard InChI is InChI=1S/C22H16BrClFN3O4S/c1-12-7-17(33(26,30)31)4-6-19(12)28-20(29)8-13-3-5-18(24)22(21(13)25)32-16-10-14(23)9-15(11-16)27-2/h3-7,9-11H,8H2,1H3,(H,28,29)(H2,26,30,31). The summed E-state index contributed by atoms with van der Waals surface area (Å²) in [5.74, 6) is -1.43. The summed E-state index contributed by atoms with van der Waals surface area (Å²) in [6.07, 6.45) is -0.332. The van der Waals surface area contributed by atoms with E-state index in [4.69, 9.17) is 28.0 Å². The molecule has 0 unspecified atom stereocenters. The predicted molar refractivity (Wildman–Crippen MR) is 127 cm³/mol. The molecule has 170 valence electrons. The van der Waals surface area contributed by atoms with Crippen LogP contribution < -0.4 is 15.2 Å². The number of sulfonamides is 1. The lowest BCUT2D eigenvalue weighted by Crippen LogP contribution is -2.17. The van der Waals surface area contributed by atoms with Crippen LogP contribution in [0.25, 0.3) is 4.85 Å². The number of aryl methyl sites for hydroxylation is 1. The molecule has 0 saturated carbocycles. The van der Waals surface area contributed by atoms with Gasteiger partial charge in [0.25, 0.3) is 0 Å². The Hall–Kier alpha value is -2.97. The minimum Gasteiger partial charge on any atom is -0.454 e. The van der Waals surface area contributed by atoms with Crippen molar-refractivity contribution in [3.05, 3.63) is 86.4 Å². The zero-order chi connectivity index (χ0) is 24.3. The third-order valence-corrected chi connectivity index (χ3v) is 6.15. The molecule has 11 heteroatoms. The Bertz CT molecular complexity index is 1410. The smallest absolute Gasteiger partial charge is 0.238 e. The lowest BCUT2D eigenvalue weighted by atomic mass is 10.1. The minimum atomic E-state index is -3.87. The van der Waals surface area contributed by atoms with Crippen LogP contribution in [0.2, 0.25) is 5.02 Å². The number of anilines is 1. The zero-order valence-corrected chi connectivity index (χ0v) is 20.2. The highest BCUT2D eigenvalue weighted by Crippen LogP contribution is 2.36. The number of carbonyl (C=O) groups excluding carboxylic acids is 1. The normalized spacial score (nSPS) is 11.0. The molecule has 0 bridgehead atoms. The van der Waals surface area contributed by atoms with Gasteiger partial charge in [-0.05, 0) is 55.0 Å². The summed E-state index contributed by atoms with van der Waals surface area (Å²) >= 11 is 9.37. The van der Waals surface area contributed by atoms with E-state index in [-0.39, 0.29) is 39.1 Å².